The molecule has 18 heavy (non-hydrogen) atoms. The van der Waals surface area contributed by atoms with E-state index >= 15 is 0 Å². The molecule has 1 aliphatic rings. The van der Waals surface area contributed by atoms with Gasteiger partial charge in [-0.15, -0.1) is 0 Å². The summed E-state index contributed by atoms with van der Waals surface area (Å²) in [7, 11) is 0. The quantitative estimate of drug-likeness (QED) is 0.661. The van der Waals surface area contributed by atoms with E-state index in [1.807, 2.05) is 0 Å². The largest absolute Gasteiger partial charge is 0.382 e. The molecule has 1 saturated carbocycles. The molecule has 6 heteroatoms. The number of nitrogens with one attached hydrogen (secondary N) is 1. The predicted molar refractivity (Wildman–Crippen MR) is 74.8 cm³/mol. The van der Waals surface area contributed by atoms with Crippen molar-refractivity contribution in [1.29, 1.82) is 0 Å². The van der Waals surface area contributed by atoms with Crippen molar-refractivity contribution in [3.63, 3.8) is 0 Å². The average molecular weight is 314 g/mol. The van der Waals surface area contributed by atoms with Gasteiger partial charge in [0, 0.05) is 33.9 Å². The second-order valence-corrected chi connectivity index (χ2v) is 5.80. The molecule has 3 N–H and O–H groups in total. The molecule has 0 bridgehead atoms. The number of halogens is 1. The van der Waals surface area contributed by atoms with Gasteiger partial charge in [0.15, 0.2) is 0 Å². The number of hydrogen-bond acceptors (Lipinski definition) is 4. The minimum Gasteiger partial charge on any atom is -0.382 e. The molecule has 0 saturated heterocycles. The summed E-state index contributed by atoms with van der Waals surface area (Å²) in [5.41, 5.74) is 7.64. The highest BCUT2D eigenvalue weighted by Gasteiger charge is 2.32. The summed E-state index contributed by atoms with van der Waals surface area (Å²) in [6.45, 7) is 2.43. The van der Waals surface area contributed by atoms with Gasteiger partial charge in [0.25, 0.3) is 5.69 Å². The van der Waals surface area contributed by atoms with Crippen LogP contribution in [0.1, 0.15) is 24.8 Å². The SMILES string of the molecule is Cc1cc(NCC2(N)CCC2)c(Br)cc1[N+](=O)[O-]. The molecule has 2 rings (SSSR count). The highest BCUT2D eigenvalue weighted by molar-refractivity contribution is 9.10. The standard InChI is InChI=1S/C12H16BrN3O2/c1-8-5-10(9(13)6-11(8)16(17)18)15-7-12(14)3-2-4-12/h5-6,15H,2-4,7,14H2,1H3. The minimum absolute atomic E-state index is 0.116. The first-order valence-electron chi connectivity index (χ1n) is 5.89. The molecule has 0 heterocycles. The van der Waals surface area contributed by atoms with E-state index in [0.29, 0.717) is 16.6 Å². The Kier molecular flexibility index (Phi) is 3.59. The van der Waals surface area contributed by atoms with Crippen molar-refractivity contribution in [2.24, 2.45) is 5.73 Å². The van der Waals surface area contributed by atoms with Crippen molar-refractivity contribution in [1.82, 2.24) is 0 Å². The van der Waals surface area contributed by atoms with Crippen LogP contribution in [0.5, 0.6) is 0 Å². The Hall–Kier alpha value is -1.14. The number of nitrogens with zero attached hydrogens (tertiary/aromatic N) is 1. The van der Waals surface area contributed by atoms with Crippen LogP contribution in [0.2, 0.25) is 0 Å². The summed E-state index contributed by atoms with van der Waals surface area (Å²) >= 11 is 3.35. The summed E-state index contributed by atoms with van der Waals surface area (Å²) in [6.07, 6.45) is 3.24. The van der Waals surface area contributed by atoms with E-state index in [9.17, 15) is 10.1 Å². The second kappa shape index (κ2) is 4.85. The number of benzene rings is 1. The molecule has 0 unspecified atom stereocenters. The van der Waals surface area contributed by atoms with E-state index in [0.717, 1.165) is 18.5 Å². The number of anilines is 1. The minimum atomic E-state index is -0.375. The maximum absolute atomic E-state index is 10.8. The van der Waals surface area contributed by atoms with Gasteiger partial charge in [-0.1, -0.05) is 0 Å². The van der Waals surface area contributed by atoms with Crippen LogP contribution in [-0.2, 0) is 0 Å². The van der Waals surface area contributed by atoms with Gasteiger partial charge in [-0.2, -0.15) is 0 Å². The fourth-order valence-electron chi connectivity index (χ4n) is 2.08. The Bertz CT molecular complexity index is 486. The zero-order valence-electron chi connectivity index (χ0n) is 10.2. The van der Waals surface area contributed by atoms with Crippen LogP contribution < -0.4 is 11.1 Å². The fourth-order valence-corrected chi connectivity index (χ4v) is 2.55. The van der Waals surface area contributed by atoms with Crippen LogP contribution in [0, 0.1) is 17.0 Å². The van der Waals surface area contributed by atoms with Crippen LogP contribution in [0.3, 0.4) is 0 Å². The third-order valence-electron chi connectivity index (χ3n) is 3.46. The van der Waals surface area contributed by atoms with Gasteiger partial charge >= 0.3 is 0 Å². The zero-order valence-corrected chi connectivity index (χ0v) is 11.8. The third-order valence-corrected chi connectivity index (χ3v) is 4.12. The van der Waals surface area contributed by atoms with Crippen molar-refractivity contribution in [3.8, 4) is 0 Å². The molecule has 0 aliphatic heterocycles. The zero-order chi connectivity index (χ0) is 13.3. The van der Waals surface area contributed by atoms with Crippen molar-refractivity contribution in [3.05, 3.63) is 32.3 Å². The predicted octanol–water partition coefficient (Wildman–Crippen LogP) is 2.96. The Morgan fingerprint density at radius 2 is 2.22 bits per heavy atom. The highest BCUT2D eigenvalue weighted by atomic mass is 79.9. The molecule has 0 amide bonds. The average Bonchev–Trinajstić information content (AvgIpc) is 2.27. The maximum Gasteiger partial charge on any atom is 0.273 e. The molecule has 98 valence electrons. The molecule has 5 nitrogen and oxygen atoms in total. The first kappa shape index (κ1) is 13.3. The monoisotopic (exact) mass is 313 g/mol. The number of hydrogen-bond donors (Lipinski definition) is 2. The molecule has 0 radical (unpaired) electrons. The van der Waals surface area contributed by atoms with Gasteiger partial charge in [0.2, 0.25) is 0 Å². The molecule has 1 fully saturated rings. The molecule has 1 aromatic carbocycles. The van der Waals surface area contributed by atoms with Gasteiger partial charge in [0.1, 0.15) is 0 Å². The second-order valence-electron chi connectivity index (χ2n) is 4.95. The number of nitro groups is 1. The summed E-state index contributed by atoms with van der Waals surface area (Å²) in [5.74, 6) is 0. The van der Waals surface area contributed by atoms with Crippen LogP contribution in [0.25, 0.3) is 0 Å². The number of nitro benzene ring substituents is 1. The molecule has 0 spiro atoms. The molecule has 1 aromatic rings. The first-order valence-corrected chi connectivity index (χ1v) is 6.68. The normalized spacial score (nSPS) is 17.1. The molecule has 1 aliphatic carbocycles. The van der Waals surface area contributed by atoms with Crippen molar-refractivity contribution in [2.75, 3.05) is 11.9 Å². The Balaban J connectivity index is 2.13. The number of nitrogens with two attached hydrogens (primary N) is 1. The molecular weight excluding hydrogens is 298 g/mol. The smallest absolute Gasteiger partial charge is 0.273 e. The molecule has 0 aromatic heterocycles. The van der Waals surface area contributed by atoms with E-state index < -0.39 is 0 Å². The van der Waals surface area contributed by atoms with Gasteiger partial charge < -0.3 is 11.1 Å². The van der Waals surface area contributed by atoms with E-state index in [2.05, 4.69) is 21.2 Å². The summed E-state index contributed by atoms with van der Waals surface area (Å²) in [6, 6.07) is 3.31. The Labute approximate surface area is 114 Å². The lowest BCUT2D eigenvalue weighted by Crippen LogP contribution is -2.52. The van der Waals surface area contributed by atoms with Gasteiger partial charge in [-0.05, 0) is 48.2 Å². The summed E-state index contributed by atoms with van der Waals surface area (Å²) < 4.78 is 0.697. The van der Waals surface area contributed by atoms with Crippen molar-refractivity contribution in [2.45, 2.75) is 31.7 Å². The van der Waals surface area contributed by atoms with E-state index in [4.69, 9.17) is 5.73 Å². The Morgan fingerprint density at radius 3 is 2.72 bits per heavy atom. The molecule has 0 atom stereocenters. The van der Waals surface area contributed by atoms with Crippen molar-refractivity contribution < 1.29 is 4.92 Å². The van der Waals surface area contributed by atoms with E-state index in [1.165, 1.54) is 12.5 Å². The highest BCUT2D eigenvalue weighted by Crippen LogP contribution is 2.33. The van der Waals surface area contributed by atoms with Crippen molar-refractivity contribution >= 4 is 27.3 Å². The van der Waals surface area contributed by atoms with Crippen LogP contribution in [0.15, 0.2) is 16.6 Å². The Morgan fingerprint density at radius 1 is 1.56 bits per heavy atom. The lowest BCUT2D eigenvalue weighted by atomic mass is 9.78. The number of aryl methyl sites for hydroxylation is 1. The maximum atomic E-state index is 10.8. The first-order chi connectivity index (χ1) is 8.41. The van der Waals surface area contributed by atoms with Crippen LogP contribution in [-0.4, -0.2) is 17.0 Å². The lowest BCUT2D eigenvalue weighted by molar-refractivity contribution is -0.385. The van der Waals surface area contributed by atoms with Gasteiger partial charge in [0.05, 0.1) is 4.92 Å². The van der Waals surface area contributed by atoms with Crippen LogP contribution in [0.4, 0.5) is 11.4 Å². The number of rotatable bonds is 4. The van der Waals surface area contributed by atoms with E-state index in [-0.39, 0.29) is 16.1 Å². The topological polar surface area (TPSA) is 81.2 Å². The summed E-state index contributed by atoms with van der Waals surface area (Å²) in [4.78, 5) is 10.4. The van der Waals surface area contributed by atoms with Gasteiger partial charge in [-0.25, -0.2) is 0 Å². The summed E-state index contributed by atoms with van der Waals surface area (Å²) in [5, 5.41) is 14.1. The lowest BCUT2D eigenvalue weighted by Gasteiger charge is -2.38. The van der Waals surface area contributed by atoms with E-state index in [1.54, 1.807) is 13.0 Å². The molecular formula is C12H16BrN3O2. The third kappa shape index (κ3) is 2.64. The van der Waals surface area contributed by atoms with Gasteiger partial charge in [-0.3, -0.25) is 10.1 Å². The van der Waals surface area contributed by atoms with Crippen LogP contribution >= 0.6 is 15.9 Å². The fraction of sp³-hybridized carbons (Fsp3) is 0.500.